The second-order valence-electron chi connectivity index (χ2n) is 6.89. The summed E-state index contributed by atoms with van der Waals surface area (Å²) >= 11 is 0. The van der Waals surface area contributed by atoms with Gasteiger partial charge >= 0.3 is 5.97 Å². The van der Waals surface area contributed by atoms with Crippen LogP contribution in [0.2, 0.25) is 0 Å². The van der Waals surface area contributed by atoms with Crippen LogP contribution in [-0.2, 0) is 4.74 Å². The van der Waals surface area contributed by atoms with Crippen LogP contribution in [0.5, 0.6) is 0 Å². The van der Waals surface area contributed by atoms with Crippen molar-refractivity contribution in [1.29, 1.82) is 0 Å². The fraction of sp³-hybridized carbons (Fsp3) is 0.435. The maximum atomic E-state index is 12.1. The third-order valence-electron chi connectivity index (χ3n) is 4.65. The third kappa shape index (κ3) is 7.83. The lowest BCUT2D eigenvalue weighted by Gasteiger charge is -2.07. The first-order valence-corrected chi connectivity index (χ1v) is 9.94. The lowest BCUT2D eigenvalue weighted by Crippen LogP contribution is -2.06. The molecule has 0 saturated heterocycles. The Hall–Kier alpha value is -2.33. The Morgan fingerprint density at radius 2 is 1.22 bits per heavy atom. The molecule has 0 aliphatic heterocycles. The number of aliphatic hydroxyl groups is 1. The van der Waals surface area contributed by atoms with Gasteiger partial charge in [-0.05, 0) is 48.2 Å². The van der Waals surface area contributed by atoms with Crippen LogP contribution >= 0.6 is 0 Å². The van der Waals surface area contributed by atoms with E-state index >= 15 is 0 Å². The number of nitrogen functional groups attached to an aromatic ring is 1. The largest absolute Gasteiger partial charge is 0.462 e. The van der Waals surface area contributed by atoms with E-state index in [1.165, 1.54) is 25.7 Å². The summed E-state index contributed by atoms with van der Waals surface area (Å²) in [6.07, 6.45) is 8.83. The van der Waals surface area contributed by atoms with Crippen molar-refractivity contribution in [3.8, 4) is 11.1 Å². The lowest BCUT2D eigenvalue weighted by molar-refractivity contribution is 0.0497. The highest BCUT2D eigenvalue weighted by Gasteiger charge is 2.07. The molecule has 0 fully saturated rings. The number of rotatable bonds is 12. The summed E-state index contributed by atoms with van der Waals surface area (Å²) in [6, 6.07) is 15.1. The summed E-state index contributed by atoms with van der Waals surface area (Å²) in [4.78, 5) is 12.1. The Kier molecular flexibility index (Phi) is 9.42. The molecule has 146 valence electrons. The molecule has 3 N–H and O–H groups in total. The maximum Gasteiger partial charge on any atom is 0.338 e. The number of hydrogen-bond donors (Lipinski definition) is 2. The first kappa shape index (κ1) is 21.0. The molecule has 0 aliphatic rings. The molecule has 4 heteroatoms. The average Bonchev–Trinajstić information content (AvgIpc) is 2.70. The molecule has 0 aliphatic carbocycles. The van der Waals surface area contributed by atoms with Gasteiger partial charge in [-0.15, -0.1) is 0 Å². The van der Waals surface area contributed by atoms with Crippen molar-refractivity contribution in [2.45, 2.75) is 51.4 Å². The molecule has 0 atom stereocenters. The Labute approximate surface area is 162 Å². The molecule has 0 heterocycles. The van der Waals surface area contributed by atoms with Gasteiger partial charge in [0, 0.05) is 12.3 Å². The van der Waals surface area contributed by atoms with Gasteiger partial charge < -0.3 is 15.6 Å². The molecule has 0 unspecified atom stereocenters. The number of carbonyl (C=O) groups excluding carboxylic acids is 1. The molecule has 2 aromatic carbocycles. The van der Waals surface area contributed by atoms with Gasteiger partial charge in [0.05, 0.1) is 12.2 Å². The second-order valence-corrected chi connectivity index (χ2v) is 6.89. The number of benzene rings is 2. The van der Waals surface area contributed by atoms with Crippen molar-refractivity contribution >= 4 is 11.7 Å². The van der Waals surface area contributed by atoms with Crippen LogP contribution < -0.4 is 5.73 Å². The minimum atomic E-state index is -0.261. The zero-order chi connectivity index (χ0) is 19.3. The first-order chi connectivity index (χ1) is 13.2. The van der Waals surface area contributed by atoms with Crippen LogP contribution in [0.4, 0.5) is 5.69 Å². The molecule has 2 rings (SSSR count). The highest BCUT2D eigenvalue weighted by molar-refractivity contribution is 5.90. The summed E-state index contributed by atoms with van der Waals surface area (Å²) in [5.41, 5.74) is 9.14. The van der Waals surface area contributed by atoms with Crippen LogP contribution in [0.1, 0.15) is 61.7 Å². The van der Waals surface area contributed by atoms with Crippen LogP contribution in [0.15, 0.2) is 48.5 Å². The highest BCUT2D eigenvalue weighted by atomic mass is 16.5. The van der Waals surface area contributed by atoms with Gasteiger partial charge in [0.1, 0.15) is 0 Å². The minimum absolute atomic E-state index is 0.261. The predicted octanol–water partition coefficient (Wildman–Crippen LogP) is 5.21. The van der Waals surface area contributed by atoms with E-state index in [0.29, 0.717) is 18.8 Å². The van der Waals surface area contributed by atoms with E-state index in [1.807, 2.05) is 36.4 Å². The minimum Gasteiger partial charge on any atom is -0.462 e. The van der Waals surface area contributed by atoms with Crippen molar-refractivity contribution in [2.24, 2.45) is 0 Å². The van der Waals surface area contributed by atoms with Crippen molar-refractivity contribution in [2.75, 3.05) is 18.9 Å². The Morgan fingerprint density at radius 1 is 0.741 bits per heavy atom. The monoisotopic (exact) mass is 369 g/mol. The van der Waals surface area contributed by atoms with E-state index in [9.17, 15) is 4.79 Å². The predicted molar refractivity (Wildman–Crippen MR) is 111 cm³/mol. The SMILES string of the molecule is Nc1ccc(-c2ccc(C(=O)OCCCCCCCCCCO)cc2)cc1. The van der Waals surface area contributed by atoms with Gasteiger partial charge in [0.25, 0.3) is 0 Å². The van der Waals surface area contributed by atoms with Crippen LogP contribution in [0.25, 0.3) is 11.1 Å². The van der Waals surface area contributed by atoms with Gasteiger partial charge in [-0.3, -0.25) is 0 Å². The molecule has 2 aromatic rings. The molecule has 0 amide bonds. The normalized spacial score (nSPS) is 10.7. The number of nitrogens with two attached hydrogens (primary N) is 1. The van der Waals surface area contributed by atoms with Crippen molar-refractivity contribution < 1.29 is 14.6 Å². The molecule has 4 nitrogen and oxygen atoms in total. The summed E-state index contributed by atoms with van der Waals surface area (Å²) in [5, 5.41) is 8.72. The maximum absolute atomic E-state index is 12.1. The molecular weight excluding hydrogens is 338 g/mol. The number of hydrogen-bond acceptors (Lipinski definition) is 4. The van der Waals surface area contributed by atoms with Gasteiger partial charge in [0.15, 0.2) is 0 Å². The second kappa shape index (κ2) is 12.1. The van der Waals surface area contributed by atoms with E-state index in [1.54, 1.807) is 12.1 Å². The number of aliphatic hydroxyl groups excluding tert-OH is 1. The smallest absolute Gasteiger partial charge is 0.338 e. The number of carbonyl (C=O) groups is 1. The number of anilines is 1. The topological polar surface area (TPSA) is 72.6 Å². The molecule has 0 bridgehead atoms. The highest BCUT2D eigenvalue weighted by Crippen LogP contribution is 2.21. The van der Waals surface area contributed by atoms with E-state index in [-0.39, 0.29) is 5.97 Å². The zero-order valence-corrected chi connectivity index (χ0v) is 16.0. The molecule has 0 saturated carbocycles. The van der Waals surface area contributed by atoms with Gasteiger partial charge in [0.2, 0.25) is 0 Å². The number of esters is 1. The summed E-state index contributed by atoms with van der Waals surface area (Å²) < 4.78 is 5.37. The van der Waals surface area contributed by atoms with E-state index < -0.39 is 0 Å². The molecule has 0 radical (unpaired) electrons. The summed E-state index contributed by atoms with van der Waals surface area (Å²) in [7, 11) is 0. The average molecular weight is 370 g/mol. The Balaban J connectivity index is 1.62. The number of unbranched alkanes of at least 4 members (excludes halogenated alkanes) is 7. The van der Waals surface area contributed by atoms with Crippen molar-refractivity contribution in [1.82, 2.24) is 0 Å². The van der Waals surface area contributed by atoms with E-state index in [2.05, 4.69) is 0 Å². The molecular formula is C23H31NO3. The fourth-order valence-corrected chi connectivity index (χ4v) is 3.00. The van der Waals surface area contributed by atoms with Gasteiger partial charge in [-0.25, -0.2) is 4.79 Å². The van der Waals surface area contributed by atoms with Gasteiger partial charge in [-0.1, -0.05) is 62.8 Å². The number of ether oxygens (including phenoxy) is 1. The summed E-state index contributed by atoms with van der Waals surface area (Å²) in [6.45, 7) is 0.776. The first-order valence-electron chi connectivity index (χ1n) is 9.94. The fourth-order valence-electron chi connectivity index (χ4n) is 3.00. The Morgan fingerprint density at radius 3 is 1.78 bits per heavy atom. The quantitative estimate of drug-likeness (QED) is 0.306. The standard InChI is InChI=1S/C23H31NO3/c24-22-15-13-20(14-16-22)19-9-11-21(12-10-19)23(26)27-18-8-6-4-2-1-3-5-7-17-25/h9-16,25H,1-8,17-18,24H2. The Bertz CT molecular complexity index is 665. The van der Waals surface area contributed by atoms with Crippen LogP contribution in [0.3, 0.4) is 0 Å². The van der Waals surface area contributed by atoms with Crippen LogP contribution in [0, 0.1) is 0 Å². The van der Waals surface area contributed by atoms with Crippen LogP contribution in [-0.4, -0.2) is 24.3 Å². The third-order valence-corrected chi connectivity index (χ3v) is 4.65. The van der Waals surface area contributed by atoms with Crippen molar-refractivity contribution in [3.05, 3.63) is 54.1 Å². The molecule has 27 heavy (non-hydrogen) atoms. The zero-order valence-electron chi connectivity index (χ0n) is 16.0. The van der Waals surface area contributed by atoms with E-state index in [4.69, 9.17) is 15.6 Å². The molecule has 0 aromatic heterocycles. The lowest BCUT2D eigenvalue weighted by atomic mass is 10.0. The van der Waals surface area contributed by atoms with Gasteiger partial charge in [-0.2, -0.15) is 0 Å². The van der Waals surface area contributed by atoms with E-state index in [0.717, 1.165) is 42.5 Å². The summed E-state index contributed by atoms with van der Waals surface area (Å²) in [5.74, 6) is -0.261. The molecule has 0 spiro atoms. The van der Waals surface area contributed by atoms with Crippen molar-refractivity contribution in [3.63, 3.8) is 0 Å².